The van der Waals surface area contributed by atoms with Gasteiger partial charge in [0, 0.05) is 65.8 Å². The number of nitrogens with zero attached hydrogens (tertiary/aromatic N) is 4. The van der Waals surface area contributed by atoms with Crippen LogP contribution >= 0.6 is 0 Å². The SMILES string of the molecule is COc1ccc(C2COc3cc(OC)ccc3C2NC(C)=O)cc1.COc1ccc2c(c1)OCC(N)(c1ccccc1)C2.COc1ccc2c(c1)OCC(c1ccccc1)C2=NO.O=[N+]([O-])c1ccc(NN=C2c3ccccc3OCC2c2ccccc2O)c([N+](=O)[O-])c1. The van der Waals surface area contributed by atoms with Crippen LogP contribution in [0.5, 0.6) is 51.7 Å². The number of rotatable bonds is 13. The molecule has 0 aromatic heterocycles. The number of fused-ring (bicyclic) bond motifs is 4. The highest BCUT2D eigenvalue weighted by Gasteiger charge is 2.36. The quantitative estimate of drug-likeness (QED) is 0.0407. The number of ether oxygens (including phenoxy) is 8. The summed E-state index contributed by atoms with van der Waals surface area (Å²) in [4.78, 5) is 32.7. The van der Waals surface area contributed by atoms with Crippen molar-refractivity contribution in [2.75, 3.05) is 60.3 Å². The Morgan fingerprint density at radius 3 is 1.83 bits per heavy atom. The Kier molecular flexibility index (Phi) is 20.8. The first kappa shape index (κ1) is 65.3. The zero-order chi connectivity index (χ0) is 66.3. The molecule has 13 rings (SSSR count). The van der Waals surface area contributed by atoms with E-state index in [2.05, 4.69) is 33.1 Å². The Balaban J connectivity index is 0.000000139. The van der Waals surface area contributed by atoms with E-state index >= 15 is 0 Å². The Bertz CT molecular complexity index is 4210. The molecule has 1 amide bonds. The summed E-state index contributed by atoms with van der Waals surface area (Å²) >= 11 is 0. The third-order valence-electron chi connectivity index (χ3n) is 16.3. The number of phenols is 1. The van der Waals surface area contributed by atoms with Gasteiger partial charge in [0.15, 0.2) is 0 Å². The Hall–Kier alpha value is -11.7. The van der Waals surface area contributed by atoms with Crippen molar-refractivity contribution in [3.05, 3.63) is 271 Å². The van der Waals surface area contributed by atoms with Gasteiger partial charge in [-0.25, -0.2) is 0 Å². The molecule has 0 saturated heterocycles. The van der Waals surface area contributed by atoms with Crippen molar-refractivity contribution < 1.29 is 62.8 Å². The predicted octanol–water partition coefficient (Wildman–Crippen LogP) is 12.8. The van der Waals surface area contributed by atoms with Gasteiger partial charge in [-0.15, -0.1) is 0 Å². The van der Waals surface area contributed by atoms with Crippen molar-refractivity contribution in [2.24, 2.45) is 16.0 Å². The van der Waals surface area contributed by atoms with Gasteiger partial charge in [0.2, 0.25) is 5.91 Å². The van der Waals surface area contributed by atoms with Crippen molar-refractivity contribution in [3.8, 4) is 51.7 Å². The summed E-state index contributed by atoms with van der Waals surface area (Å²) in [6, 6.07) is 62.1. The molecule has 22 nitrogen and oxygen atoms in total. The molecule has 4 aliphatic heterocycles. The number of nitrogens with one attached hydrogen (secondary N) is 2. The minimum Gasteiger partial charge on any atom is -0.508 e. The molecule has 4 heterocycles. The lowest BCUT2D eigenvalue weighted by Gasteiger charge is -2.35. The number of hydrogen-bond acceptors (Lipinski definition) is 19. The molecule has 4 aliphatic rings. The van der Waals surface area contributed by atoms with E-state index in [-0.39, 0.29) is 41.8 Å². The van der Waals surface area contributed by atoms with Gasteiger partial charge < -0.3 is 59.3 Å². The lowest BCUT2D eigenvalue weighted by Crippen LogP contribution is -2.47. The lowest BCUT2D eigenvalue weighted by molar-refractivity contribution is -0.393. The number of non-ortho nitro benzene ring substituents is 1. The van der Waals surface area contributed by atoms with E-state index in [1.165, 1.54) is 13.0 Å². The zero-order valence-electron chi connectivity index (χ0n) is 52.0. The second kappa shape index (κ2) is 30.0. The van der Waals surface area contributed by atoms with Crippen molar-refractivity contribution in [1.29, 1.82) is 0 Å². The topological polar surface area (TPSA) is 292 Å². The van der Waals surface area contributed by atoms with E-state index in [1.807, 2.05) is 133 Å². The number of nitro groups is 2. The minimum absolute atomic E-state index is 0.00288. The number of hydrogen-bond donors (Lipinski definition) is 5. The number of aromatic hydroxyl groups is 1. The summed E-state index contributed by atoms with van der Waals surface area (Å²) in [6.45, 7) is 3.15. The number of phenolic OH excluding ortho intramolecular Hbond substituents is 1. The van der Waals surface area contributed by atoms with Crippen molar-refractivity contribution in [1.82, 2.24) is 5.32 Å². The van der Waals surface area contributed by atoms with Crippen LogP contribution in [-0.2, 0) is 16.8 Å². The lowest BCUT2D eigenvalue weighted by atomic mass is 9.83. The van der Waals surface area contributed by atoms with Crippen LogP contribution in [0.1, 0.15) is 75.2 Å². The zero-order valence-corrected chi connectivity index (χ0v) is 52.0. The Morgan fingerprint density at radius 1 is 0.574 bits per heavy atom. The molecule has 0 fully saturated rings. The highest BCUT2D eigenvalue weighted by molar-refractivity contribution is 6.09. The number of methoxy groups -OCH3 is 4. The van der Waals surface area contributed by atoms with Crippen LogP contribution in [0.3, 0.4) is 0 Å². The van der Waals surface area contributed by atoms with E-state index in [4.69, 9.17) is 43.6 Å². The normalized spacial score (nSPS) is 18.6. The number of amides is 1. The van der Waals surface area contributed by atoms with Gasteiger partial charge in [0.05, 0.1) is 80.1 Å². The largest absolute Gasteiger partial charge is 0.508 e. The van der Waals surface area contributed by atoms with Gasteiger partial charge >= 0.3 is 5.69 Å². The molecule has 5 unspecified atom stereocenters. The number of nitrogens with two attached hydrogens (primary N) is 1. The molecule has 9 aromatic rings. The van der Waals surface area contributed by atoms with Crippen LogP contribution in [0.2, 0.25) is 0 Å². The summed E-state index contributed by atoms with van der Waals surface area (Å²) in [5.74, 6) is 5.48. The minimum atomic E-state index is -0.714. The second-order valence-electron chi connectivity index (χ2n) is 22.1. The first-order valence-corrected chi connectivity index (χ1v) is 29.8. The van der Waals surface area contributed by atoms with Crippen LogP contribution in [0.25, 0.3) is 0 Å². The van der Waals surface area contributed by atoms with Gasteiger partial charge in [0.1, 0.15) is 83.0 Å². The molecule has 0 radical (unpaired) electrons. The Morgan fingerprint density at radius 2 is 1.16 bits per heavy atom. The number of carbonyl (C=O) groups excluding carboxylic acids is 1. The molecule has 94 heavy (non-hydrogen) atoms. The summed E-state index contributed by atoms with van der Waals surface area (Å²) in [5, 5.41) is 53.1. The monoisotopic (exact) mass is 1270 g/mol. The molecule has 0 saturated carbocycles. The first-order chi connectivity index (χ1) is 45.6. The fourth-order valence-corrected chi connectivity index (χ4v) is 11.4. The Labute approximate surface area is 542 Å². The second-order valence-corrected chi connectivity index (χ2v) is 22.1. The molecular weight excluding hydrogens is 1200 g/mol. The van der Waals surface area contributed by atoms with Gasteiger partial charge in [-0.2, -0.15) is 5.10 Å². The maximum absolute atomic E-state index is 11.7. The number of carbonyl (C=O) groups is 1. The molecular formula is C72H69N7O15. The van der Waals surface area contributed by atoms with Crippen LogP contribution < -0.4 is 54.4 Å². The third-order valence-corrected chi connectivity index (χ3v) is 16.3. The standard InChI is InChI=1S/C21H16N4O6.C19H21NO4.C16H15NO3.C16H17NO2/c26-19-7-3-1-5-14(19)16-12-31-20-8-4-2-6-15(20)21(16)23-22-17-10-9-13(24(27)28)11-18(17)25(29)30;1-12(21)20-19-16-9-8-15(23-3)10-18(16)24-11-17(19)13-4-6-14(22-2)7-5-13;1-19-12-7-8-13-15(9-12)20-10-14(16(13)17-18)11-5-3-2-4-6-11;1-18-14-8-7-12-10-16(17,11-19-15(12)9-14)13-5-3-2-4-6-13/h1-11,16,22,26H,12H2;4-10,17,19H,11H2,1-3H3,(H,20,21);2-9,14,18H,10H2,1H3;2-9H,10-11,17H2,1H3. The highest BCUT2D eigenvalue weighted by atomic mass is 16.6. The number of benzene rings is 9. The van der Waals surface area contributed by atoms with Crippen LogP contribution in [0.15, 0.2) is 217 Å². The summed E-state index contributed by atoms with van der Waals surface area (Å²) in [5.41, 5.74) is 16.4. The molecule has 482 valence electrons. The molecule has 9 aromatic carbocycles. The van der Waals surface area contributed by atoms with Gasteiger partial charge in [0.25, 0.3) is 5.69 Å². The van der Waals surface area contributed by atoms with Crippen LogP contribution in [0.4, 0.5) is 17.1 Å². The summed E-state index contributed by atoms with van der Waals surface area (Å²) in [6.07, 6.45) is 0.774. The molecule has 0 spiro atoms. The molecule has 5 atom stereocenters. The third kappa shape index (κ3) is 15.0. The average Bonchev–Trinajstić information content (AvgIpc) is 0.812. The molecule has 0 aliphatic carbocycles. The van der Waals surface area contributed by atoms with E-state index in [0.717, 1.165) is 86.4 Å². The average molecular weight is 1270 g/mol. The molecule has 6 N–H and O–H groups in total. The fourth-order valence-electron chi connectivity index (χ4n) is 11.4. The molecule has 0 bridgehead atoms. The van der Waals surface area contributed by atoms with Gasteiger partial charge in [-0.3, -0.25) is 30.4 Å². The van der Waals surface area contributed by atoms with Crippen LogP contribution in [-0.4, -0.2) is 92.4 Å². The first-order valence-electron chi connectivity index (χ1n) is 29.8. The van der Waals surface area contributed by atoms with Crippen molar-refractivity contribution in [3.63, 3.8) is 0 Å². The maximum atomic E-state index is 11.7. The number of anilines is 1. The summed E-state index contributed by atoms with van der Waals surface area (Å²) in [7, 11) is 6.53. The van der Waals surface area contributed by atoms with E-state index in [1.54, 1.807) is 70.9 Å². The number of hydrazone groups is 1. The predicted molar refractivity (Wildman–Crippen MR) is 354 cm³/mol. The van der Waals surface area contributed by atoms with E-state index in [0.29, 0.717) is 53.9 Å². The van der Waals surface area contributed by atoms with E-state index < -0.39 is 32.7 Å². The van der Waals surface area contributed by atoms with Crippen molar-refractivity contribution >= 4 is 34.4 Å². The van der Waals surface area contributed by atoms with Gasteiger partial charge in [-0.05, 0) is 89.0 Å². The smallest absolute Gasteiger partial charge is 0.301 e. The van der Waals surface area contributed by atoms with E-state index in [9.17, 15) is 35.3 Å². The fraction of sp³-hybridized carbons (Fsp3) is 0.208. The van der Waals surface area contributed by atoms with Crippen molar-refractivity contribution in [2.45, 2.75) is 42.7 Å². The highest BCUT2D eigenvalue weighted by Crippen LogP contribution is 2.44. The number of oxime groups is 1. The maximum Gasteiger partial charge on any atom is 0.301 e. The van der Waals surface area contributed by atoms with Gasteiger partial charge in [-0.1, -0.05) is 114 Å². The number of nitro benzene ring substituents is 2. The number of para-hydroxylation sites is 2. The van der Waals surface area contributed by atoms with Crippen LogP contribution in [0, 0.1) is 20.2 Å². The summed E-state index contributed by atoms with van der Waals surface area (Å²) < 4.78 is 44.2. The molecule has 22 heteroatoms.